The van der Waals surface area contributed by atoms with Crippen LogP contribution in [0.15, 0.2) is 24.5 Å². The molecule has 5 nitrogen and oxygen atoms in total. The first kappa shape index (κ1) is 15.5. The van der Waals surface area contributed by atoms with Crippen molar-refractivity contribution >= 4 is 11.6 Å². The molecule has 0 radical (unpaired) electrons. The number of fused-ring (bicyclic) bond motifs is 1. The van der Waals surface area contributed by atoms with Crippen LogP contribution in [0.2, 0.25) is 0 Å². The van der Waals surface area contributed by atoms with Gasteiger partial charge in [-0.25, -0.2) is 0 Å². The summed E-state index contributed by atoms with van der Waals surface area (Å²) in [5, 5.41) is 2.50. The van der Waals surface area contributed by atoms with Crippen LogP contribution in [-0.4, -0.2) is 15.5 Å². The van der Waals surface area contributed by atoms with Gasteiger partial charge in [-0.05, 0) is 36.1 Å². The monoisotopic (exact) mass is 324 g/mol. The fraction of sp³-hybridized carbons (Fsp3) is 0.333. The van der Waals surface area contributed by atoms with E-state index in [2.05, 4.69) is 10.3 Å². The molecule has 0 aliphatic heterocycles. The van der Waals surface area contributed by atoms with Crippen molar-refractivity contribution in [3.8, 4) is 0 Å². The van der Waals surface area contributed by atoms with Crippen molar-refractivity contribution in [1.29, 1.82) is 0 Å². The predicted octanol–water partition coefficient (Wildman–Crippen LogP) is 2.64. The van der Waals surface area contributed by atoms with E-state index in [0.29, 0.717) is 12.1 Å². The van der Waals surface area contributed by atoms with E-state index in [-0.39, 0.29) is 11.7 Å². The highest BCUT2D eigenvalue weighted by Gasteiger charge is 2.33. The summed E-state index contributed by atoms with van der Waals surface area (Å²) >= 11 is 0. The van der Waals surface area contributed by atoms with Crippen LogP contribution < -0.4 is 11.1 Å². The minimum atomic E-state index is -4.56. The molecule has 8 heteroatoms. The Kier molecular flexibility index (Phi) is 3.63. The lowest BCUT2D eigenvalue weighted by Gasteiger charge is -2.10. The molecular weight excluding hydrogens is 309 g/mol. The van der Waals surface area contributed by atoms with Crippen LogP contribution in [0.25, 0.3) is 0 Å². The molecule has 0 bridgehead atoms. The molecule has 0 unspecified atom stereocenters. The van der Waals surface area contributed by atoms with Gasteiger partial charge in [0.05, 0.1) is 0 Å². The Morgan fingerprint density at radius 3 is 2.91 bits per heavy atom. The normalized spacial score (nSPS) is 17.2. The number of anilines is 1. The predicted molar refractivity (Wildman–Crippen MR) is 77.9 cm³/mol. The number of rotatable bonds is 2. The average molecular weight is 324 g/mol. The molecule has 23 heavy (non-hydrogen) atoms. The Morgan fingerprint density at radius 1 is 1.48 bits per heavy atom. The molecule has 1 aliphatic carbocycles. The van der Waals surface area contributed by atoms with Crippen molar-refractivity contribution in [3.63, 3.8) is 0 Å². The van der Waals surface area contributed by atoms with E-state index in [1.54, 1.807) is 17.8 Å². The van der Waals surface area contributed by atoms with Gasteiger partial charge in [0.25, 0.3) is 5.91 Å². The maximum absolute atomic E-state index is 12.7. The van der Waals surface area contributed by atoms with E-state index in [0.717, 1.165) is 29.8 Å². The Morgan fingerprint density at radius 2 is 2.22 bits per heavy atom. The van der Waals surface area contributed by atoms with Crippen molar-refractivity contribution in [1.82, 2.24) is 9.55 Å². The highest BCUT2D eigenvalue weighted by atomic mass is 19.4. The molecule has 2 aromatic rings. The Hall–Kier alpha value is -2.35. The molecule has 1 atom stereocenters. The third kappa shape index (κ3) is 2.81. The van der Waals surface area contributed by atoms with Crippen LogP contribution in [0.3, 0.4) is 0 Å². The molecule has 2 heterocycles. The van der Waals surface area contributed by atoms with Crippen LogP contribution >= 0.6 is 0 Å². The summed E-state index contributed by atoms with van der Waals surface area (Å²) in [5.41, 5.74) is 7.19. The lowest BCUT2D eigenvalue weighted by molar-refractivity contribution is -0.141. The first-order valence-corrected chi connectivity index (χ1v) is 7.05. The molecule has 2 aromatic heterocycles. The molecule has 0 aromatic carbocycles. The zero-order valence-electron chi connectivity index (χ0n) is 12.3. The highest BCUT2D eigenvalue weighted by molar-refractivity contribution is 6.04. The van der Waals surface area contributed by atoms with Gasteiger partial charge in [0.2, 0.25) is 0 Å². The molecule has 0 saturated carbocycles. The maximum Gasteiger partial charge on any atom is 0.433 e. The number of amides is 1. The van der Waals surface area contributed by atoms with Crippen molar-refractivity contribution in [2.24, 2.45) is 12.8 Å². The smallest absolute Gasteiger partial charge is 0.346 e. The van der Waals surface area contributed by atoms with E-state index < -0.39 is 17.8 Å². The maximum atomic E-state index is 12.7. The van der Waals surface area contributed by atoms with Crippen molar-refractivity contribution in [2.75, 3.05) is 5.32 Å². The summed E-state index contributed by atoms with van der Waals surface area (Å²) in [7, 11) is 1.72. The molecule has 1 amide bonds. The summed E-state index contributed by atoms with van der Waals surface area (Å²) in [5.74, 6) is -0.456. The van der Waals surface area contributed by atoms with E-state index in [1.807, 2.05) is 0 Å². The number of nitrogens with two attached hydrogens (primary N) is 1. The number of hydrogen-bond acceptors (Lipinski definition) is 3. The highest BCUT2D eigenvalue weighted by Crippen LogP contribution is 2.33. The Labute approximate surface area is 130 Å². The number of aryl methyl sites for hydroxylation is 1. The molecule has 0 fully saturated rings. The molecule has 0 spiro atoms. The summed E-state index contributed by atoms with van der Waals surface area (Å²) in [4.78, 5) is 15.7. The van der Waals surface area contributed by atoms with Crippen LogP contribution in [-0.2, 0) is 19.6 Å². The summed E-state index contributed by atoms with van der Waals surface area (Å²) < 4.78 is 39.7. The second kappa shape index (κ2) is 5.38. The average Bonchev–Trinajstić information content (AvgIpc) is 2.97. The summed E-state index contributed by atoms with van der Waals surface area (Å²) in [6, 6.07) is 2.03. The van der Waals surface area contributed by atoms with E-state index >= 15 is 0 Å². The zero-order chi connectivity index (χ0) is 16.8. The second-order valence-electron chi connectivity index (χ2n) is 5.55. The lowest BCUT2D eigenvalue weighted by atomic mass is 10.1. The van der Waals surface area contributed by atoms with Crippen LogP contribution in [0, 0.1) is 0 Å². The zero-order valence-corrected chi connectivity index (χ0v) is 12.3. The van der Waals surface area contributed by atoms with Crippen molar-refractivity contribution < 1.29 is 18.0 Å². The quantitative estimate of drug-likeness (QED) is 0.892. The molecule has 0 saturated heterocycles. The lowest BCUT2D eigenvalue weighted by Crippen LogP contribution is -2.18. The summed E-state index contributed by atoms with van der Waals surface area (Å²) in [6.45, 7) is 0. The standard InChI is InChI=1S/C15H15F3N4O/c1-22-7-10-9(2-3-11(10)19)13(22)14(23)21-8-4-5-20-12(6-8)15(16,17)18/h4-7,11H,2-3,19H2,1H3,(H,20,21,23)/t11-/m1/s1. The molecule has 1 aliphatic rings. The SMILES string of the molecule is Cn1cc2c(c1C(=O)Nc1ccnc(C(F)(F)F)c1)CC[C@H]2N. The fourth-order valence-corrected chi connectivity index (χ4v) is 2.89. The first-order valence-electron chi connectivity index (χ1n) is 7.05. The van der Waals surface area contributed by atoms with Crippen LogP contribution in [0.4, 0.5) is 18.9 Å². The molecular formula is C15H15F3N4O. The van der Waals surface area contributed by atoms with Gasteiger partial charge in [0, 0.05) is 31.2 Å². The van der Waals surface area contributed by atoms with Crippen LogP contribution in [0.1, 0.15) is 39.8 Å². The molecule has 122 valence electrons. The van der Waals surface area contributed by atoms with Gasteiger partial charge in [-0.3, -0.25) is 9.78 Å². The number of alkyl halides is 3. The molecule has 3 rings (SSSR count). The number of aromatic nitrogens is 2. The second-order valence-corrected chi connectivity index (χ2v) is 5.55. The third-order valence-electron chi connectivity index (χ3n) is 3.95. The number of carbonyl (C=O) groups excluding carboxylic acids is 1. The number of pyridine rings is 1. The van der Waals surface area contributed by atoms with E-state index in [1.165, 1.54) is 6.07 Å². The number of nitrogens with one attached hydrogen (secondary N) is 1. The Balaban J connectivity index is 1.88. The third-order valence-corrected chi connectivity index (χ3v) is 3.95. The topological polar surface area (TPSA) is 72.9 Å². The number of hydrogen-bond donors (Lipinski definition) is 2. The Bertz CT molecular complexity index is 767. The minimum Gasteiger partial charge on any atom is -0.346 e. The fourth-order valence-electron chi connectivity index (χ4n) is 2.89. The summed E-state index contributed by atoms with van der Waals surface area (Å²) in [6.07, 6.45) is -0.289. The van der Waals surface area contributed by atoms with Gasteiger partial charge in [-0.15, -0.1) is 0 Å². The molecule has 3 N–H and O–H groups in total. The van der Waals surface area contributed by atoms with E-state index in [4.69, 9.17) is 5.73 Å². The van der Waals surface area contributed by atoms with Crippen molar-refractivity contribution in [2.45, 2.75) is 25.1 Å². The first-order chi connectivity index (χ1) is 10.8. The minimum absolute atomic E-state index is 0.0505. The van der Waals surface area contributed by atoms with Crippen LogP contribution in [0.5, 0.6) is 0 Å². The van der Waals surface area contributed by atoms with E-state index in [9.17, 15) is 18.0 Å². The van der Waals surface area contributed by atoms with Crippen molar-refractivity contribution in [3.05, 3.63) is 47.0 Å². The number of nitrogens with zero attached hydrogens (tertiary/aromatic N) is 2. The number of carbonyl (C=O) groups is 1. The van der Waals surface area contributed by atoms with Gasteiger partial charge >= 0.3 is 6.18 Å². The van der Waals surface area contributed by atoms with Gasteiger partial charge in [-0.1, -0.05) is 0 Å². The number of halogens is 3. The van der Waals surface area contributed by atoms with Gasteiger partial charge in [0.15, 0.2) is 0 Å². The van der Waals surface area contributed by atoms with Gasteiger partial charge < -0.3 is 15.6 Å². The van der Waals surface area contributed by atoms with Gasteiger partial charge in [0.1, 0.15) is 11.4 Å². The van der Waals surface area contributed by atoms with Gasteiger partial charge in [-0.2, -0.15) is 13.2 Å². The largest absolute Gasteiger partial charge is 0.433 e.